The summed E-state index contributed by atoms with van der Waals surface area (Å²) in [5.41, 5.74) is 6.55. The largest absolute Gasteiger partial charge is 0.494 e. The minimum atomic E-state index is 0.637. The van der Waals surface area contributed by atoms with Crippen molar-refractivity contribution in [3.63, 3.8) is 0 Å². The second-order valence-corrected chi connectivity index (χ2v) is 5.35. The Balaban J connectivity index is 2.06. The first-order valence-corrected chi connectivity index (χ1v) is 7.22. The molecule has 0 saturated heterocycles. The average molecular weight is 369 g/mol. The van der Waals surface area contributed by atoms with Crippen LogP contribution in [-0.4, -0.2) is 6.61 Å². The summed E-state index contributed by atoms with van der Waals surface area (Å²) in [5, 5.41) is 0. The predicted octanol–water partition coefficient (Wildman–Crippen LogP) is 4.45. The van der Waals surface area contributed by atoms with Crippen LogP contribution < -0.4 is 15.2 Å². The molecule has 0 aliphatic heterocycles. The van der Waals surface area contributed by atoms with Crippen LogP contribution in [0.5, 0.6) is 17.2 Å². The van der Waals surface area contributed by atoms with Gasteiger partial charge in [0, 0.05) is 3.57 Å². The van der Waals surface area contributed by atoms with Gasteiger partial charge in [-0.25, -0.2) is 0 Å². The third-order valence-electron chi connectivity index (χ3n) is 2.50. The van der Waals surface area contributed by atoms with E-state index in [1.807, 2.05) is 42.5 Å². The molecule has 0 aliphatic carbocycles. The Morgan fingerprint density at radius 2 is 1.74 bits per heavy atom. The van der Waals surface area contributed by atoms with Gasteiger partial charge in [-0.2, -0.15) is 0 Å². The van der Waals surface area contributed by atoms with Gasteiger partial charge in [-0.1, -0.05) is 6.92 Å². The predicted molar refractivity (Wildman–Crippen MR) is 85.9 cm³/mol. The number of ether oxygens (including phenoxy) is 2. The highest BCUT2D eigenvalue weighted by Gasteiger charge is 2.03. The molecule has 100 valence electrons. The van der Waals surface area contributed by atoms with Crippen molar-refractivity contribution in [3.8, 4) is 17.2 Å². The number of hydrogen-bond acceptors (Lipinski definition) is 3. The topological polar surface area (TPSA) is 44.5 Å². The van der Waals surface area contributed by atoms with Crippen LogP contribution in [0.2, 0.25) is 0 Å². The van der Waals surface area contributed by atoms with Crippen molar-refractivity contribution in [2.24, 2.45) is 0 Å². The fourth-order valence-electron chi connectivity index (χ4n) is 1.56. The molecule has 2 aromatic carbocycles. The van der Waals surface area contributed by atoms with Crippen LogP contribution in [0.25, 0.3) is 0 Å². The van der Waals surface area contributed by atoms with Gasteiger partial charge in [-0.15, -0.1) is 0 Å². The summed E-state index contributed by atoms with van der Waals surface area (Å²) in [6.07, 6.45) is 0.997. The van der Waals surface area contributed by atoms with Crippen molar-refractivity contribution >= 4 is 28.3 Å². The molecule has 0 unspecified atom stereocenters. The first kappa shape index (κ1) is 14.0. The van der Waals surface area contributed by atoms with Gasteiger partial charge in [0.05, 0.1) is 12.3 Å². The molecule has 3 nitrogen and oxygen atoms in total. The maximum absolute atomic E-state index is 5.91. The van der Waals surface area contributed by atoms with Crippen LogP contribution in [0.4, 0.5) is 5.69 Å². The molecule has 0 radical (unpaired) electrons. The lowest BCUT2D eigenvalue weighted by atomic mass is 10.3. The molecule has 4 heteroatoms. The van der Waals surface area contributed by atoms with E-state index in [9.17, 15) is 0 Å². The molecule has 2 aromatic rings. The summed E-state index contributed by atoms with van der Waals surface area (Å²) >= 11 is 2.22. The molecule has 0 atom stereocenters. The van der Waals surface area contributed by atoms with Gasteiger partial charge in [0.25, 0.3) is 0 Å². The Hall–Kier alpha value is -1.43. The summed E-state index contributed by atoms with van der Waals surface area (Å²) in [6.45, 7) is 2.81. The quantitative estimate of drug-likeness (QED) is 0.626. The molecule has 0 spiro atoms. The van der Waals surface area contributed by atoms with Crippen LogP contribution in [0.15, 0.2) is 42.5 Å². The average Bonchev–Trinajstić information content (AvgIpc) is 2.41. The zero-order valence-electron chi connectivity index (χ0n) is 10.7. The molecule has 0 aliphatic rings. The number of anilines is 1. The highest BCUT2D eigenvalue weighted by molar-refractivity contribution is 14.1. The van der Waals surface area contributed by atoms with Gasteiger partial charge < -0.3 is 15.2 Å². The number of nitrogen functional groups attached to an aromatic ring is 1. The second kappa shape index (κ2) is 6.65. The highest BCUT2D eigenvalue weighted by Crippen LogP contribution is 2.29. The first-order chi connectivity index (χ1) is 9.19. The Morgan fingerprint density at radius 3 is 2.37 bits per heavy atom. The second-order valence-electron chi connectivity index (χ2n) is 4.10. The van der Waals surface area contributed by atoms with E-state index < -0.39 is 0 Å². The number of benzene rings is 2. The number of nitrogens with two attached hydrogens (primary N) is 1. The monoisotopic (exact) mass is 369 g/mol. The molecule has 0 saturated carbocycles. The fraction of sp³-hybridized carbons (Fsp3) is 0.200. The maximum atomic E-state index is 5.91. The molecule has 19 heavy (non-hydrogen) atoms. The van der Waals surface area contributed by atoms with Gasteiger partial charge >= 0.3 is 0 Å². The van der Waals surface area contributed by atoms with E-state index in [1.165, 1.54) is 0 Å². The van der Waals surface area contributed by atoms with Gasteiger partial charge in [0.15, 0.2) is 0 Å². The van der Waals surface area contributed by atoms with Crippen molar-refractivity contribution in [2.45, 2.75) is 13.3 Å². The molecule has 0 bridgehead atoms. The van der Waals surface area contributed by atoms with Gasteiger partial charge in [0.2, 0.25) is 0 Å². The fourth-order valence-corrected chi connectivity index (χ4v) is 2.08. The van der Waals surface area contributed by atoms with E-state index in [1.54, 1.807) is 0 Å². The van der Waals surface area contributed by atoms with E-state index >= 15 is 0 Å². The van der Waals surface area contributed by atoms with E-state index in [2.05, 4.69) is 29.5 Å². The normalized spacial score (nSPS) is 10.2. The summed E-state index contributed by atoms with van der Waals surface area (Å²) in [4.78, 5) is 0. The summed E-state index contributed by atoms with van der Waals surface area (Å²) in [5.74, 6) is 2.27. The zero-order chi connectivity index (χ0) is 13.7. The van der Waals surface area contributed by atoms with E-state index in [0.29, 0.717) is 11.4 Å². The van der Waals surface area contributed by atoms with E-state index in [0.717, 1.165) is 28.1 Å². The molecule has 2 rings (SSSR count). The van der Waals surface area contributed by atoms with Crippen LogP contribution in [0, 0.1) is 3.57 Å². The van der Waals surface area contributed by atoms with Crippen molar-refractivity contribution in [3.05, 3.63) is 46.0 Å². The van der Waals surface area contributed by atoms with Crippen molar-refractivity contribution in [2.75, 3.05) is 12.3 Å². The first-order valence-electron chi connectivity index (χ1n) is 6.15. The van der Waals surface area contributed by atoms with Crippen LogP contribution in [0.3, 0.4) is 0 Å². The smallest absolute Gasteiger partial charge is 0.150 e. The Kier molecular flexibility index (Phi) is 4.90. The zero-order valence-corrected chi connectivity index (χ0v) is 12.9. The summed E-state index contributed by atoms with van der Waals surface area (Å²) in [6, 6.07) is 13.3. The Morgan fingerprint density at radius 1 is 1.05 bits per heavy atom. The summed E-state index contributed by atoms with van der Waals surface area (Å²) in [7, 11) is 0. The lowest BCUT2D eigenvalue weighted by molar-refractivity contribution is 0.317. The number of halogens is 1. The molecule has 2 N–H and O–H groups in total. The van der Waals surface area contributed by atoms with Crippen LogP contribution >= 0.6 is 22.6 Å². The van der Waals surface area contributed by atoms with Gasteiger partial charge in [-0.3, -0.25) is 0 Å². The SMILES string of the molecule is CCCOc1ccc(Oc2ccc(I)cc2N)cc1. The minimum Gasteiger partial charge on any atom is -0.494 e. The van der Waals surface area contributed by atoms with Crippen LogP contribution in [-0.2, 0) is 0 Å². The lowest BCUT2D eigenvalue weighted by Gasteiger charge is -2.10. The van der Waals surface area contributed by atoms with Crippen molar-refractivity contribution < 1.29 is 9.47 Å². The lowest BCUT2D eigenvalue weighted by Crippen LogP contribution is -1.95. The van der Waals surface area contributed by atoms with Crippen molar-refractivity contribution in [1.29, 1.82) is 0 Å². The summed E-state index contributed by atoms with van der Waals surface area (Å²) < 4.78 is 12.3. The highest BCUT2D eigenvalue weighted by atomic mass is 127. The molecule has 0 amide bonds. The molecule has 0 aromatic heterocycles. The third kappa shape index (κ3) is 4.02. The Bertz CT molecular complexity index is 540. The van der Waals surface area contributed by atoms with Crippen LogP contribution in [0.1, 0.15) is 13.3 Å². The standard InChI is InChI=1S/C15H16INO2/c1-2-9-18-12-4-6-13(7-5-12)19-15-8-3-11(16)10-14(15)17/h3-8,10H,2,9,17H2,1H3. The van der Waals surface area contributed by atoms with Gasteiger partial charge in [-0.05, 0) is 71.5 Å². The molecular formula is C15H16INO2. The third-order valence-corrected chi connectivity index (χ3v) is 3.17. The maximum Gasteiger partial charge on any atom is 0.150 e. The van der Waals surface area contributed by atoms with E-state index in [-0.39, 0.29) is 0 Å². The minimum absolute atomic E-state index is 0.637. The van der Waals surface area contributed by atoms with Gasteiger partial charge in [0.1, 0.15) is 17.2 Å². The molecule has 0 heterocycles. The van der Waals surface area contributed by atoms with E-state index in [4.69, 9.17) is 15.2 Å². The molecular weight excluding hydrogens is 353 g/mol. The number of rotatable bonds is 5. The number of hydrogen-bond donors (Lipinski definition) is 1. The molecule has 0 fully saturated rings. The Labute approximate surface area is 126 Å². The van der Waals surface area contributed by atoms with Crippen molar-refractivity contribution in [1.82, 2.24) is 0 Å².